The minimum Gasteiger partial charge on any atom is -0.494 e. The summed E-state index contributed by atoms with van der Waals surface area (Å²) >= 11 is 18.0. The topological polar surface area (TPSA) is 81.9 Å². The molecule has 2 heterocycles. The number of thiazole rings is 1. The second kappa shape index (κ2) is 15.2. The van der Waals surface area contributed by atoms with Crippen LogP contribution in [0.25, 0.3) is 6.08 Å². The number of aromatic nitrogens is 1. The molecule has 12 heteroatoms. The van der Waals surface area contributed by atoms with Crippen molar-refractivity contribution in [3.05, 3.63) is 150 Å². The molecule has 0 radical (unpaired) electrons. The standard InChI is InChI=1S/C36H27Cl2I2N3O4S/c1-3-46-25-12-10-23(11-13-25)32-31(34(44)42-24-7-5-4-6-8-24)20(2)41-36-43(32)35(45)30(48-36)18-22-16-28(39)33(29(40)17-22)47-19-21-9-14-26(37)27(38)15-21/h4-18,32H,3,19H2,1-2H3,(H,42,44)/b30-18-/t32-/m1/s1. The van der Waals surface area contributed by atoms with Gasteiger partial charge in [0.1, 0.15) is 18.1 Å². The van der Waals surface area contributed by atoms with Crippen molar-refractivity contribution in [3.8, 4) is 11.5 Å². The molecule has 0 spiro atoms. The van der Waals surface area contributed by atoms with E-state index in [1.165, 1.54) is 11.3 Å². The van der Waals surface area contributed by atoms with Crippen molar-refractivity contribution in [3.63, 3.8) is 0 Å². The van der Waals surface area contributed by atoms with Crippen LogP contribution >= 0.6 is 79.7 Å². The molecule has 1 aliphatic rings. The Kier molecular flexibility index (Phi) is 11.0. The van der Waals surface area contributed by atoms with Crippen molar-refractivity contribution in [2.45, 2.75) is 26.5 Å². The summed E-state index contributed by atoms with van der Waals surface area (Å²) in [6, 6.07) is 25.4. The molecule has 0 bridgehead atoms. The van der Waals surface area contributed by atoms with Gasteiger partial charge < -0.3 is 14.8 Å². The molecule has 0 aliphatic carbocycles. The summed E-state index contributed by atoms with van der Waals surface area (Å²) in [4.78, 5) is 33.3. The number of nitrogens with one attached hydrogen (secondary N) is 1. The van der Waals surface area contributed by atoms with Gasteiger partial charge in [0.25, 0.3) is 11.5 Å². The molecule has 48 heavy (non-hydrogen) atoms. The largest absolute Gasteiger partial charge is 0.494 e. The van der Waals surface area contributed by atoms with Gasteiger partial charge in [-0.2, -0.15) is 0 Å². The fourth-order valence-corrected chi connectivity index (χ4v) is 8.79. The van der Waals surface area contributed by atoms with Crippen LogP contribution in [-0.2, 0) is 11.4 Å². The molecule has 1 amide bonds. The van der Waals surface area contributed by atoms with Crippen LogP contribution in [0.15, 0.2) is 106 Å². The molecule has 1 atom stereocenters. The van der Waals surface area contributed by atoms with Gasteiger partial charge in [0.05, 0.1) is 45.6 Å². The molecule has 6 rings (SSSR count). The average molecular weight is 922 g/mol. The predicted molar refractivity (Wildman–Crippen MR) is 209 cm³/mol. The van der Waals surface area contributed by atoms with Gasteiger partial charge in [0.2, 0.25) is 0 Å². The van der Waals surface area contributed by atoms with E-state index in [0.717, 1.165) is 29.6 Å². The van der Waals surface area contributed by atoms with Gasteiger partial charge in [-0.25, -0.2) is 4.99 Å². The van der Waals surface area contributed by atoms with Crippen molar-refractivity contribution in [1.29, 1.82) is 0 Å². The molecule has 7 nitrogen and oxygen atoms in total. The number of allylic oxidation sites excluding steroid dienone is 1. The number of rotatable bonds is 9. The van der Waals surface area contributed by atoms with Gasteiger partial charge in [-0.05, 0) is 130 Å². The number of nitrogens with zero attached hydrogens (tertiary/aromatic N) is 2. The smallest absolute Gasteiger partial charge is 0.271 e. The van der Waals surface area contributed by atoms with E-state index in [9.17, 15) is 9.59 Å². The highest BCUT2D eigenvalue weighted by atomic mass is 127. The Morgan fingerprint density at radius 3 is 2.35 bits per heavy atom. The summed E-state index contributed by atoms with van der Waals surface area (Å²) in [6.45, 7) is 4.58. The number of halogens is 4. The first-order chi connectivity index (χ1) is 23.1. The first-order valence-corrected chi connectivity index (χ1v) is 18.5. The highest BCUT2D eigenvalue weighted by Gasteiger charge is 2.32. The summed E-state index contributed by atoms with van der Waals surface area (Å²) in [5, 5.41) is 3.95. The summed E-state index contributed by atoms with van der Waals surface area (Å²) in [7, 11) is 0. The number of hydrogen-bond acceptors (Lipinski definition) is 6. The quantitative estimate of drug-likeness (QED) is 0.151. The van der Waals surface area contributed by atoms with Gasteiger partial charge in [-0.3, -0.25) is 14.2 Å². The van der Waals surface area contributed by atoms with Gasteiger partial charge in [0.15, 0.2) is 4.80 Å². The van der Waals surface area contributed by atoms with E-state index in [2.05, 4.69) is 50.5 Å². The Bertz CT molecular complexity index is 2210. The zero-order valence-electron chi connectivity index (χ0n) is 25.6. The number of hydrogen-bond donors (Lipinski definition) is 1. The number of anilines is 1. The lowest BCUT2D eigenvalue weighted by Crippen LogP contribution is -2.40. The highest BCUT2D eigenvalue weighted by Crippen LogP contribution is 2.33. The van der Waals surface area contributed by atoms with Crippen LogP contribution in [0.2, 0.25) is 10.0 Å². The van der Waals surface area contributed by atoms with Crippen LogP contribution < -0.4 is 29.7 Å². The summed E-state index contributed by atoms with van der Waals surface area (Å²) in [5.41, 5.74) is 3.87. The molecule has 0 saturated heterocycles. The fraction of sp³-hybridized carbons (Fsp3) is 0.139. The van der Waals surface area contributed by atoms with Gasteiger partial charge in [0, 0.05) is 5.69 Å². The fourth-order valence-electron chi connectivity index (χ4n) is 5.30. The molecular weight excluding hydrogens is 895 g/mol. The van der Waals surface area contributed by atoms with Crippen LogP contribution in [0.4, 0.5) is 5.69 Å². The summed E-state index contributed by atoms with van der Waals surface area (Å²) in [5.74, 6) is 1.12. The lowest BCUT2D eigenvalue weighted by atomic mass is 9.95. The first-order valence-electron chi connectivity index (χ1n) is 14.8. The minimum absolute atomic E-state index is 0.236. The second-order valence-electron chi connectivity index (χ2n) is 10.8. The molecule has 1 aromatic heterocycles. The first kappa shape index (κ1) is 34.7. The van der Waals surface area contributed by atoms with Crippen molar-refractivity contribution in [1.82, 2.24) is 4.57 Å². The Morgan fingerprint density at radius 1 is 0.979 bits per heavy atom. The Balaban J connectivity index is 1.38. The molecule has 0 saturated carbocycles. The van der Waals surface area contributed by atoms with E-state index in [-0.39, 0.29) is 11.5 Å². The molecule has 4 aromatic carbocycles. The van der Waals surface area contributed by atoms with Gasteiger partial charge >= 0.3 is 0 Å². The summed E-state index contributed by atoms with van der Waals surface area (Å²) < 4.78 is 15.7. The zero-order valence-corrected chi connectivity index (χ0v) is 32.2. The summed E-state index contributed by atoms with van der Waals surface area (Å²) in [6.07, 6.45) is 1.86. The van der Waals surface area contributed by atoms with Crippen LogP contribution in [0.5, 0.6) is 11.5 Å². The third kappa shape index (κ3) is 7.52. The van der Waals surface area contributed by atoms with Crippen molar-refractivity contribution < 1.29 is 14.3 Å². The number of ether oxygens (including phenoxy) is 2. The van der Waals surface area contributed by atoms with Gasteiger partial charge in [-0.1, -0.05) is 70.9 Å². The van der Waals surface area contributed by atoms with Crippen molar-refractivity contribution >= 4 is 97.4 Å². The van der Waals surface area contributed by atoms with Crippen LogP contribution in [0.1, 0.15) is 36.6 Å². The zero-order chi connectivity index (χ0) is 33.9. The molecule has 1 aliphatic heterocycles. The third-order valence-corrected chi connectivity index (χ3v) is 10.8. The highest BCUT2D eigenvalue weighted by molar-refractivity contribution is 14.1. The number of fused-ring (bicyclic) bond motifs is 1. The van der Waals surface area contributed by atoms with Crippen LogP contribution in [0, 0.1) is 7.14 Å². The minimum atomic E-state index is -0.694. The SMILES string of the molecule is CCOc1ccc([C@@H]2C(C(=O)Nc3ccccc3)=C(C)N=c3s/c(=C\c4cc(I)c(OCc5ccc(Cl)c(Cl)c5)c(I)c4)c(=O)n32)cc1. The maximum atomic E-state index is 14.2. The third-order valence-electron chi connectivity index (χ3n) is 7.49. The number of carbonyl (C=O) groups is 1. The molecular formula is C36H27Cl2I2N3O4S. The lowest BCUT2D eigenvalue weighted by Gasteiger charge is -2.25. The van der Waals surface area contributed by atoms with Crippen LogP contribution in [-0.4, -0.2) is 17.1 Å². The molecule has 5 aromatic rings. The van der Waals surface area contributed by atoms with E-state index in [4.69, 9.17) is 37.7 Å². The van der Waals surface area contributed by atoms with E-state index in [0.29, 0.717) is 55.3 Å². The van der Waals surface area contributed by atoms with Crippen molar-refractivity contribution in [2.24, 2.45) is 4.99 Å². The van der Waals surface area contributed by atoms with Crippen LogP contribution in [0.3, 0.4) is 0 Å². The molecule has 1 N–H and O–H groups in total. The molecule has 0 fully saturated rings. The maximum absolute atomic E-state index is 14.2. The normalized spacial score (nSPS) is 14.4. The Hall–Kier alpha value is -3.17. The average Bonchev–Trinajstić information content (AvgIpc) is 3.36. The van der Waals surface area contributed by atoms with Crippen molar-refractivity contribution in [2.75, 3.05) is 11.9 Å². The molecule has 244 valence electrons. The van der Waals surface area contributed by atoms with Gasteiger partial charge in [-0.15, -0.1) is 0 Å². The van der Waals surface area contributed by atoms with E-state index in [1.54, 1.807) is 23.6 Å². The maximum Gasteiger partial charge on any atom is 0.271 e. The Morgan fingerprint density at radius 2 is 1.69 bits per heavy atom. The van der Waals surface area contributed by atoms with E-state index < -0.39 is 6.04 Å². The predicted octanol–water partition coefficient (Wildman–Crippen LogP) is 8.37. The lowest BCUT2D eigenvalue weighted by molar-refractivity contribution is -0.113. The number of amides is 1. The molecule has 0 unspecified atom stereocenters. The number of carbonyl (C=O) groups excluding carboxylic acids is 1. The van der Waals surface area contributed by atoms with E-state index in [1.807, 2.05) is 85.8 Å². The second-order valence-corrected chi connectivity index (χ2v) is 14.9. The monoisotopic (exact) mass is 921 g/mol. The Labute approximate surface area is 318 Å². The number of para-hydroxylation sites is 1. The number of benzene rings is 4. The van der Waals surface area contributed by atoms with E-state index >= 15 is 0 Å².